The summed E-state index contributed by atoms with van der Waals surface area (Å²) in [5.41, 5.74) is -0.0222. The van der Waals surface area contributed by atoms with E-state index < -0.39 is 46.8 Å². The summed E-state index contributed by atoms with van der Waals surface area (Å²) in [7, 11) is 0. The Morgan fingerprint density at radius 3 is 2.58 bits per heavy atom. The molecule has 16 heteroatoms. The number of hydrogen-bond donors (Lipinski definition) is 3. The van der Waals surface area contributed by atoms with E-state index in [9.17, 15) is 39.5 Å². The molecule has 2 aromatic rings. The summed E-state index contributed by atoms with van der Waals surface area (Å²) in [5.74, 6) is -2.35. The number of aromatic hydroxyl groups is 1. The molecule has 0 bridgehead atoms. The minimum absolute atomic E-state index is 0.0436. The first-order valence-electron chi connectivity index (χ1n) is 14.3. The van der Waals surface area contributed by atoms with Gasteiger partial charge in [0.05, 0.1) is 41.8 Å². The number of thioether (sulfide) groups is 1. The van der Waals surface area contributed by atoms with Gasteiger partial charge in [0.15, 0.2) is 0 Å². The third kappa shape index (κ3) is 6.07. The van der Waals surface area contributed by atoms with E-state index in [2.05, 4.69) is 11.6 Å². The molecule has 15 nitrogen and oxygen atoms in total. The summed E-state index contributed by atoms with van der Waals surface area (Å²) in [6.45, 7) is 6.86. The first-order valence-corrected chi connectivity index (χ1v) is 15.1. The van der Waals surface area contributed by atoms with E-state index in [4.69, 9.17) is 9.47 Å². The number of non-ortho nitro benzene ring substituents is 1. The van der Waals surface area contributed by atoms with Gasteiger partial charge in [-0.25, -0.2) is 14.4 Å². The molecule has 2 saturated heterocycles. The molecule has 0 radical (unpaired) electrons. The van der Waals surface area contributed by atoms with Crippen molar-refractivity contribution in [3.05, 3.63) is 79.9 Å². The molecule has 5 rings (SSSR count). The highest BCUT2D eigenvalue weighted by atomic mass is 32.2. The predicted octanol–water partition coefficient (Wildman–Crippen LogP) is 2.10. The smallest absolute Gasteiger partial charge is 0.410 e. The maximum atomic E-state index is 13.4. The molecule has 2 fully saturated rings. The lowest BCUT2D eigenvalue weighted by atomic mass is 9.79. The number of esters is 1. The summed E-state index contributed by atoms with van der Waals surface area (Å²) in [5, 5.41) is 31.1. The van der Waals surface area contributed by atoms with Crippen LogP contribution in [0.3, 0.4) is 0 Å². The molecule has 6 atom stereocenters. The summed E-state index contributed by atoms with van der Waals surface area (Å²) < 4.78 is 11.9. The number of aliphatic hydroxyl groups is 1. The Hall–Kier alpha value is -4.57. The lowest BCUT2D eigenvalue weighted by Crippen LogP contribution is -2.63. The van der Waals surface area contributed by atoms with Crippen LogP contribution in [0.2, 0.25) is 0 Å². The van der Waals surface area contributed by atoms with Crippen LogP contribution in [0.4, 0.5) is 10.5 Å². The summed E-state index contributed by atoms with van der Waals surface area (Å²) in [6, 6.07) is 4.55. The molecule has 0 saturated carbocycles. The molecule has 2 amide bonds. The number of rotatable bonds is 11. The Labute approximate surface area is 261 Å². The van der Waals surface area contributed by atoms with Crippen LogP contribution in [0.5, 0.6) is 5.88 Å². The molecule has 3 aliphatic heterocycles. The van der Waals surface area contributed by atoms with Gasteiger partial charge in [0.1, 0.15) is 18.9 Å². The van der Waals surface area contributed by atoms with Crippen LogP contribution in [0.1, 0.15) is 25.8 Å². The van der Waals surface area contributed by atoms with Crippen molar-refractivity contribution in [1.29, 1.82) is 0 Å². The van der Waals surface area contributed by atoms with Crippen LogP contribution in [0.15, 0.2) is 58.5 Å². The molecule has 0 spiro atoms. The van der Waals surface area contributed by atoms with Crippen molar-refractivity contribution in [1.82, 2.24) is 19.4 Å². The number of fused-ring (bicyclic) bond motifs is 1. The number of benzene rings is 1. The molecule has 4 heterocycles. The number of aromatic amines is 1. The fourth-order valence-corrected chi connectivity index (χ4v) is 7.68. The molecule has 45 heavy (non-hydrogen) atoms. The first-order chi connectivity index (χ1) is 21.4. The average molecular weight is 644 g/mol. The number of amides is 2. The number of nitro groups is 1. The molecule has 240 valence electrons. The maximum Gasteiger partial charge on any atom is 0.410 e. The quantitative estimate of drug-likeness (QED) is 0.107. The zero-order valence-electron chi connectivity index (χ0n) is 24.5. The number of nitrogens with zero attached hydrogens (tertiary/aromatic N) is 4. The molecule has 0 unspecified atom stereocenters. The van der Waals surface area contributed by atoms with Crippen LogP contribution in [-0.4, -0.2) is 89.0 Å². The fraction of sp³-hybridized carbons (Fsp3) is 0.448. The van der Waals surface area contributed by atoms with Gasteiger partial charge in [-0.05, 0) is 31.0 Å². The summed E-state index contributed by atoms with van der Waals surface area (Å²) >= 11 is 1.33. The number of ether oxygens (including phenoxy) is 2. The average Bonchev–Trinajstić information content (AvgIpc) is 3.63. The van der Waals surface area contributed by atoms with Gasteiger partial charge in [-0.3, -0.25) is 19.5 Å². The number of nitro benzene ring substituents is 1. The van der Waals surface area contributed by atoms with E-state index in [1.807, 2.05) is 6.92 Å². The second-order valence-corrected chi connectivity index (χ2v) is 12.5. The van der Waals surface area contributed by atoms with E-state index in [0.717, 1.165) is 10.8 Å². The topological polar surface area (TPSA) is 198 Å². The molecular formula is C29H33N5O10S. The van der Waals surface area contributed by atoms with Gasteiger partial charge >= 0.3 is 17.8 Å². The van der Waals surface area contributed by atoms with E-state index in [-0.39, 0.29) is 60.6 Å². The molecule has 1 aromatic carbocycles. The van der Waals surface area contributed by atoms with Gasteiger partial charge in [-0.1, -0.05) is 19.6 Å². The third-order valence-electron chi connectivity index (χ3n) is 8.29. The summed E-state index contributed by atoms with van der Waals surface area (Å²) in [4.78, 5) is 68.1. The number of nitrogens with one attached hydrogen (secondary N) is 1. The van der Waals surface area contributed by atoms with Crippen LogP contribution < -0.4 is 5.69 Å². The van der Waals surface area contributed by atoms with E-state index in [0.29, 0.717) is 16.9 Å². The predicted molar refractivity (Wildman–Crippen MR) is 160 cm³/mol. The van der Waals surface area contributed by atoms with Crippen LogP contribution in [0.25, 0.3) is 0 Å². The molecular weight excluding hydrogens is 610 g/mol. The van der Waals surface area contributed by atoms with E-state index in [1.165, 1.54) is 58.8 Å². The highest BCUT2D eigenvalue weighted by molar-refractivity contribution is 8.03. The maximum absolute atomic E-state index is 13.4. The van der Waals surface area contributed by atoms with Crippen LogP contribution in [-0.2, 0) is 32.2 Å². The Morgan fingerprint density at radius 2 is 1.98 bits per heavy atom. The SMILES string of the molecule is C=CCOC(=O)C1=C(S[C@H]2C[C@@H](Cn3c(O)c[nH]c3=O)N(C(=O)OCc3ccc([N+](=O)[O-])cc3)C2)[C@H](C)[C@@H]2[C@@H]([C@@H](C)O)C(=O)N12. The number of aromatic nitrogens is 2. The zero-order valence-corrected chi connectivity index (χ0v) is 25.3. The lowest BCUT2D eigenvalue weighted by Gasteiger charge is -2.46. The number of H-pyrrole nitrogens is 1. The third-order valence-corrected chi connectivity index (χ3v) is 9.78. The van der Waals surface area contributed by atoms with Crippen molar-refractivity contribution < 1.29 is 39.0 Å². The number of imidazole rings is 1. The number of carbonyl (C=O) groups is 3. The van der Waals surface area contributed by atoms with Crippen LogP contribution in [0, 0.1) is 22.0 Å². The monoisotopic (exact) mass is 643 g/mol. The molecule has 3 aliphatic rings. The van der Waals surface area contributed by atoms with Gasteiger partial charge in [0, 0.05) is 34.8 Å². The zero-order chi connectivity index (χ0) is 32.6. The minimum atomic E-state index is -0.916. The Bertz CT molecular complexity index is 1600. The van der Waals surface area contributed by atoms with Gasteiger partial charge in [0.25, 0.3) is 5.69 Å². The van der Waals surface area contributed by atoms with Gasteiger partial charge in [-0.15, -0.1) is 11.8 Å². The van der Waals surface area contributed by atoms with Crippen LogP contribution >= 0.6 is 11.8 Å². The molecule has 1 aromatic heterocycles. The number of likely N-dealkylation sites (tertiary alicyclic amines) is 1. The second-order valence-electron chi connectivity index (χ2n) is 11.2. The number of aliphatic hydroxyl groups excluding tert-OH is 1. The number of hydrogen-bond acceptors (Lipinski definition) is 11. The van der Waals surface area contributed by atoms with Gasteiger partial charge in [-0.2, -0.15) is 0 Å². The lowest BCUT2D eigenvalue weighted by molar-refractivity contribution is -0.384. The Morgan fingerprint density at radius 1 is 1.27 bits per heavy atom. The molecule has 0 aliphatic carbocycles. The van der Waals surface area contributed by atoms with E-state index >= 15 is 0 Å². The fourth-order valence-electron chi connectivity index (χ4n) is 6.12. The van der Waals surface area contributed by atoms with Crippen molar-refractivity contribution in [3.8, 4) is 5.88 Å². The Balaban J connectivity index is 1.38. The van der Waals surface area contributed by atoms with Crippen molar-refractivity contribution >= 4 is 35.4 Å². The largest absolute Gasteiger partial charge is 0.493 e. The summed E-state index contributed by atoms with van der Waals surface area (Å²) in [6.07, 6.45) is 1.29. The minimum Gasteiger partial charge on any atom is -0.493 e. The normalized spacial score (nSPS) is 24.7. The standard InChI is InChI=1S/C29H33N5O10S/c1-4-9-43-27(38)24-25(15(2)23-22(16(3)35)26(37)33(23)24)45-20-10-19(12-32-21(36)11-30-28(32)39)31(13-20)29(40)44-14-17-5-7-18(8-6-17)34(41)42/h4-8,11,15-16,19-20,22-23,35-36H,1,9-10,12-14H2,2-3H3,(H,30,39)/t15-,16-,19+,20+,22-,23-/m1/s1. The number of carbonyl (C=O) groups excluding carboxylic acids is 3. The van der Waals surface area contributed by atoms with Crippen molar-refractivity contribution in [2.24, 2.45) is 11.8 Å². The van der Waals surface area contributed by atoms with Crippen molar-refractivity contribution in [2.75, 3.05) is 13.2 Å². The highest BCUT2D eigenvalue weighted by Gasteiger charge is 2.60. The van der Waals surface area contributed by atoms with Crippen molar-refractivity contribution in [2.45, 2.75) is 56.9 Å². The Kier molecular flexibility index (Phi) is 9.06. The number of β-lactam (4-membered cyclic amide) rings is 1. The second kappa shape index (κ2) is 12.8. The van der Waals surface area contributed by atoms with Gasteiger partial charge < -0.3 is 34.5 Å². The van der Waals surface area contributed by atoms with Gasteiger partial charge in [0.2, 0.25) is 11.8 Å². The molecule has 3 N–H and O–H groups in total. The van der Waals surface area contributed by atoms with E-state index in [1.54, 1.807) is 0 Å². The first kappa shape index (κ1) is 31.8. The van der Waals surface area contributed by atoms with Crippen molar-refractivity contribution in [3.63, 3.8) is 0 Å². The highest BCUT2D eigenvalue weighted by Crippen LogP contribution is 2.52.